The summed E-state index contributed by atoms with van der Waals surface area (Å²) in [6, 6.07) is 18.6. The normalized spacial score (nSPS) is 16.5. The summed E-state index contributed by atoms with van der Waals surface area (Å²) in [6.07, 6.45) is 0.866. The zero-order valence-corrected chi connectivity index (χ0v) is 23.4. The topological polar surface area (TPSA) is 98.2 Å². The quantitative estimate of drug-likeness (QED) is 0.135. The van der Waals surface area contributed by atoms with E-state index < -0.39 is 17.7 Å². The molecule has 1 saturated heterocycles. The van der Waals surface area contributed by atoms with Gasteiger partial charge in [-0.1, -0.05) is 30.4 Å². The van der Waals surface area contributed by atoms with E-state index in [1.807, 2.05) is 45.0 Å². The Balaban J connectivity index is 1.64. The number of ether oxygens (including phenoxy) is 3. The molecule has 0 saturated carbocycles. The number of aromatic nitrogens is 1. The SMILES string of the molecule is CCCOc1ccc(C(O)=C2C(=O)C(=O)N(c3nc4ccc(OCC)cc4s3)C2c2cccc(OCC)c2)cc1. The van der Waals surface area contributed by atoms with E-state index in [2.05, 4.69) is 4.98 Å². The standard InChI is InChI=1S/C31H30N2O6S/c1-4-16-39-21-12-10-19(11-13-21)28(34)26-27(20-8-7-9-22(17-20)37-5-2)33(30(36)29(26)35)31-32-24-15-14-23(38-6-3)18-25(24)40-31/h7-15,17-18,27,34H,4-6,16H2,1-3H3. The van der Waals surface area contributed by atoms with E-state index in [-0.39, 0.29) is 11.3 Å². The third kappa shape index (κ3) is 5.24. The molecule has 40 heavy (non-hydrogen) atoms. The van der Waals surface area contributed by atoms with E-state index in [4.69, 9.17) is 14.2 Å². The van der Waals surface area contributed by atoms with Crippen LogP contribution in [0, 0.1) is 0 Å². The Morgan fingerprint density at radius 1 is 0.900 bits per heavy atom. The van der Waals surface area contributed by atoms with Crippen LogP contribution in [0.25, 0.3) is 16.0 Å². The molecule has 3 aromatic carbocycles. The van der Waals surface area contributed by atoms with E-state index in [1.54, 1.807) is 42.5 Å². The zero-order valence-electron chi connectivity index (χ0n) is 22.5. The van der Waals surface area contributed by atoms with Crippen LogP contribution in [0.4, 0.5) is 5.13 Å². The minimum atomic E-state index is -0.914. The monoisotopic (exact) mass is 558 g/mol. The molecule has 4 aromatic rings. The van der Waals surface area contributed by atoms with Gasteiger partial charge in [-0.25, -0.2) is 4.98 Å². The number of anilines is 1. The summed E-state index contributed by atoms with van der Waals surface area (Å²) >= 11 is 1.28. The van der Waals surface area contributed by atoms with Crippen LogP contribution in [0.2, 0.25) is 0 Å². The third-order valence-electron chi connectivity index (χ3n) is 6.40. The minimum absolute atomic E-state index is 0.0184. The second-order valence-electron chi connectivity index (χ2n) is 9.11. The number of aliphatic hydroxyl groups excluding tert-OH is 1. The number of amides is 1. The van der Waals surface area contributed by atoms with Crippen LogP contribution in [0.15, 0.2) is 72.3 Å². The Morgan fingerprint density at radius 2 is 1.60 bits per heavy atom. The first-order valence-electron chi connectivity index (χ1n) is 13.3. The number of ketones is 1. The van der Waals surface area contributed by atoms with Crippen molar-refractivity contribution in [3.05, 3.63) is 83.4 Å². The lowest BCUT2D eigenvalue weighted by molar-refractivity contribution is -0.132. The van der Waals surface area contributed by atoms with Crippen molar-refractivity contribution < 1.29 is 28.9 Å². The van der Waals surface area contributed by atoms with Gasteiger partial charge in [-0.3, -0.25) is 14.5 Å². The molecule has 1 unspecified atom stereocenters. The molecule has 0 aliphatic carbocycles. The van der Waals surface area contributed by atoms with Gasteiger partial charge in [0.05, 0.1) is 41.7 Å². The van der Waals surface area contributed by atoms with Crippen molar-refractivity contribution in [2.75, 3.05) is 24.7 Å². The highest BCUT2D eigenvalue weighted by molar-refractivity contribution is 7.22. The van der Waals surface area contributed by atoms with E-state index in [0.29, 0.717) is 58.8 Å². The number of fused-ring (bicyclic) bond motifs is 1. The van der Waals surface area contributed by atoms with Gasteiger partial charge in [-0.15, -0.1) is 0 Å². The van der Waals surface area contributed by atoms with Gasteiger partial charge in [0.2, 0.25) is 0 Å². The molecule has 206 valence electrons. The Labute approximate surface area is 236 Å². The van der Waals surface area contributed by atoms with E-state index >= 15 is 0 Å². The Kier molecular flexibility index (Phi) is 8.02. The number of thiazole rings is 1. The Morgan fingerprint density at radius 3 is 2.30 bits per heavy atom. The highest BCUT2D eigenvalue weighted by atomic mass is 32.1. The maximum absolute atomic E-state index is 13.6. The van der Waals surface area contributed by atoms with Gasteiger partial charge >= 0.3 is 5.91 Å². The molecule has 8 nitrogen and oxygen atoms in total. The van der Waals surface area contributed by atoms with Gasteiger partial charge in [0, 0.05) is 5.56 Å². The summed E-state index contributed by atoms with van der Waals surface area (Å²) in [7, 11) is 0. The molecule has 2 heterocycles. The van der Waals surface area contributed by atoms with Gasteiger partial charge in [0.25, 0.3) is 5.78 Å². The number of hydrogen-bond donors (Lipinski definition) is 1. The minimum Gasteiger partial charge on any atom is -0.507 e. The van der Waals surface area contributed by atoms with Gasteiger partial charge in [-0.05, 0) is 80.4 Å². The predicted octanol–water partition coefficient (Wildman–Crippen LogP) is 6.51. The summed E-state index contributed by atoms with van der Waals surface area (Å²) in [5.74, 6) is 0.119. The zero-order chi connectivity index (χ0) is 28.2. The van der Waals surface area contributed by atoms with Crippen LogP contribution in [0.5, 0.6) is 17.2 Å². The van der Waals surface area contributed by atoms with Crippen molar-refractivity contribution in [1.29, 1.82) is 0 Å². The number of aliphatic hydroxyl groups is 1. The summed E-state index contributed by atoms with van der Waals surface area (Å²) in [5, 5.41) is 11.8. The molecule has 1 N–H and O–H groups in total. The van der Waals surface area contributed by atoms with Crippen molar-refractivity contribution in [3.63, 3.8) is 0 Å². The van der Waals surface area contributed by atoms with E-state index in [1.165, 1.54) is 16.2 Å². The largest absolute Gasteiger partial charge is 0.507 e. The van der Waals surface area contributed by atoms with Crippen LogP contribution in [-0.2, 0) is 9.59 Å². The Bertz CT molecular complexity index is 1580. The molecule has 0 spiro atoms. The predicted molar refractivity (Wildman–Crippen MR) is 155 cm³/mol. The molecular weight excluding hydrogens is 528 g/mol. The molecule has 1 aromatic heterocycles. The average molecular weight is 559 g/mol. The number of carbonyl (C=O) groups is 2. The fraction of sp³-hybridized carbons (Fsp3) is 0.258. The highest BCUT2D eigenvalue weighted by Crippen LogP contribution is 2.45. The summed E-state index contributed by atoms with van der Waals surface area (Å²) in [4.78, 5) is 33.2. The molecule has 1 fully saturated rings. The highest BCUT2D eigenvalue weighted by Gasteiger charge is 2.48. The van der Waals surface area contributed by atoms with Gasteiger partial charge in [0.1, 0.15) is 23.0 Å². The van der Waals surface area contributed by atoms with Crippen molar-refractivity contribution in [2.24, 2.45) is 0 Å². The van der Waals surface area contributed by atoms with Crippen molar-refractivity contribution >= 4 is 44.1 Å². The molecule has 1 amide bonds. The van der Waals surface area contributed by atoms with Gasteiger partial charge < -0.3 is 19.3 Å². The van der Waals surface area contributed by atoms with Crippen LogP contribution in [0.1, 0.15) is 44.4 Å². The number of benzene rings is 3. The van der Waals surface area contributed by atoms with Crippen molar-refractivity contribution in [1.82, 2.24) is 4.98 Å². The second-order valence-corrected chi connectivity index (χ2v) is 10.1. The molecule has 9 heteroatoms. The Hall–Kier alpha value is -4.37. The molecule has 5 rings (SSSR count). The number of Topliss-reactive ketones (excluding diaryl/α,β-unsaturated/α-hetero) is 1. The first-order valence-corrected chi connectivity index (χ1v) is 14.1. The van der Waals surface area contributed by atoms with E-state index in [9.17, 15) is 14.7 Å². The lowest BCUT2D eigenvalue weighted by atomic mass is 9.95. The van der Waals surface area contributed by atoms with Gasteiger partial charge in [0.15, 0.2) is 5.13 Å². The summed E-state index contributed by atoms with van der Waals surface area (Å²) < 4.78 is 17.8. The number of hydrogen-bond acceptors (Lipinski definition) is 8. The van der Waals surface area contributed by atoms with Crippen LogP contribution >= 0.6 is 11.3 Å². The van der Waals surface area contributed by atoms with Gasteiger partial charge in [-0.2, -0.15) is 0 Å². The number of rotatable bonds is 10. The molecule has 1 aliphatic rings. The van der Waals surface area contributed by atoms with Crippen molar-refractivity contribution in [2.45, 2.75) is 33.2 Å². The van der Waals surface area contributed by atoms with Crippen LogP contribution < -0.4 is 19.1 Å². The second kappa shape index (κ2) is 11.8. The molecule has 0 bridgehead atoms. The average Bonchev–Trinajstić information content (AvgIpc) is 3.50. The lowest BCUT2D eigenvalue weighted by Crippen LogP contribution is -2.29. The summed E-state index contributed by atoms with van der Waals surface area (Å²) in [6.45, 7) is 7.35. The molecule has 1 aliphatic heterocycles. The fourth-order valence-electron chi connectivity index (χ4n) is 4.62. The number of carbonyl (C=O) groups excluding carboxylic acids is 2. The molecule has 0 radical (unpaired) electrons. The first kappa shape index (κ1) is 27.2. The summed E-state index contributed by atoms with van der Waals surface area (Å²) in [5.41, 5.74) is 1.67. The van der Waals surface area contributed by atoms with Crippen molar-refractivity contribution in [3.8, 4) is 17.2 Å². The smallest absolute Gasteiger partial charge is 0.301 e. The lowest BCUT2D eigenvalue weighted by Gasteiger charge is -2.23. The number of nitrogens with zero attached hydrogens (tertiary/aromatic N) is 2. The maximum atomic E-state index is 13.6. The third-order valence-corrected chi connectivity index (χ3v) is 7.41. The molecular formula is C31H30N2O6S. The maximum Gasteiger partial charge on any atom is 0.301 e. The fourth-order valence-corrected chi connectivity index (χ4v) is 5.64. The van der Waals surface area contributed by atoms with E-state index in [0.717, 1.165) is 11.1 Å². The molecule has 1 atom stereocenters. The van der Waals surface area contributed by atoms with Crippen LogP contribution in [0.3, 0.4) is 0 Å². The first-order chi connectivity index (χ1) is 19.4. The van der Waals surface area contributed by atoms with Crippen LogP contribution in [-0.4, -0.2) is 41.6 Å².